The summed E-state index contributed by atoms with van der Waals surface area (Å²) in [5.74, 6) is 1.45. The number of anilines is 1. The average Bonchev–Trinajstić information content (AvgIpc) is 2.69. The Morgan fingerprint density at radius 2 is 1.52 bits per heavy atom. The van der Waals surface area contributed by atoms with Gasteiger partial charge in [-0.05, 0) is 17.7 Å². The topological polar surface area (TPSA) is 77.5 Å². The molecule has 142 valence electrons. The predicted octanol–water partition coefficient (Wildman–Crippen LogP) is 3.07. The van der Waals surface area contributed by atoms with Crippen molar-refractivity contribution < 1.29 is 28.8 Å². The zero-order valence-corrected chi connectivity index (χ0v) is 15.6. The fourth-order valence-electron chi connectivity index (χ4n) is 3.18. The predicted molar refractivity (Wildman–Crippen MR) is 100 cm³/mol. The van der Waals surface area contributed by atoms with Gasteiger partial charge in [-0.25, -0.2) is 0 Å². The van der Waals surface area contributed by atoms with Gasteiger partial charge in [0.15, 0.2) is 23.0 Å². The zero-order valence-electron chi connectivity index (χ0n) is 15.6. The first-order chi connectivity index (χ1) is 13.0. The zero-order chi connectivity index (χ0) is 19.7. The molecular weight excluding hydrogens is 350 g/mol. The third-order valence-electron chi connectivity index (χ3n) is 4.53. The minimum atomic E-state index is -0.419. The second-order valence-corrected chi connectivity index (χ2v) is 5.92. The summed E-state index contributed by atoms with van der Waals surface area (Å²) < 4.78 is 21.1. The van der Waals surface area contributed by atoms with Crippen LogP contribution in [-0.2, 0) is 4.79 Å². The monoisotopic (exact) mass is 371 g/mol. The van der Waals surface area contributed by atoms with Crippen LogP contribution >= 0.6 is 0 Å². The number of carbonyl (C=O) groups is 1. The molecule has 2 aromatic rings. The van der Waals surface area contributed by atoms with E-state index in [1.54, 1.807) is 35.2 Å². The molecule has 1 fully saturated rings. The number of aromatic hydroxyl groups is 1. The van der Waals surface area contributed by atoms with E-state index in [4.69, 9.17) is 18.9 Å². The summed E-state index contributed by atoms with van der Waals surface area (Å²) >= 11 is 0. The third kappa shape index (κ3) is 2.91. The number of hydrogen-bond donors (Lipinski definition) is 1. The quantitative estimate of drug-likeness (QED) is 0.621. The number of hydrogen-bond acceptors (Lipinski definition) is 6. The smallest absolute Gasteiger partial charge is 0.256 e. The van der Waals surface area contributed by atoms with Crippen LogP contribution in [0.1, 0.15) is 11.6 Å². The Kier molecular flexibility index (Phi) is 4.85. The van der Waals surface area contributed by atoms with Gasteiger partial charge in [-0.2, -0.15) is 0 Å². The summed E-state index contributed by atoms with van der Waals surface area (Å²) in [5, 5.41) is 10.1. The number of ether oxygens (including phenoxy) is 4. The van der Waals surface area contributed by atoms with Crippen LogP contribution in [0.25, 0.3) is 0 Å². The van der Waals surface area contributed by atoms with E-state index < -0.39 is 6.04 Å². The van der Waals surface area contributed by atoms with Crippen LogP contribution in [0.4, 0.5) is 5.69 Å². The van der Waals surface area contributed by atoms with Crippen LogP contribution in [0, 0.1) is 0 Å². The van der Waals surface area contributed by atoms with Crippen LogP contribution in [0.5, 0.6) is 28.7 Å². The number of rotatable bonds is 6. The van der Waals surface area contributed by atoms with Crippen molar-refractivity contribution in [1.29, 1.82) is 0 Å². The Balaban J connectivity index is 2.06. The van der Waals surface area contributed by atoms with Gasteiger partial charge in [-0.3, -0.25) is 9.69 Å². The highest BCUT2D eigenvalue weighted by Gasteiger charge is 2.43. The number of methoxy groups -OCH3 is 4. The largest absolute Gasteiger partial charge is 0.504 e. The third-order valence-corrected chi connectivity index (χ3v) is 4.53. The second kappa shape index (κ2) is 7.11. The molecule has 1 aliphatic heterocycles. The van der Waals surface area contributed by atoms with Gasteiger partial charge in [0.25, 0.3) is 5.91 Å². The molecule has 27 heavy (non-hydrogen) atoms. The molecular formula is C20H21NO6. The minimum absolute atomic E-state index is 0.00742. The van der Waals surface area contributed by atoms with Gasteiger partial charge < -0.3 is 24.1 Å². The molecule has 0 unspecified atom stereocenters. The lowest BCUT2D eigenvalue weighted by Crippen LogP contribution is -2.48. The van der Waals surface area contributed by atoms with Gasteiger partial charge in [0, 0.05) is 17.7 Å². The number of β-lactam (4-membered cyclic amide) rings is 1. The van der Waals surface area contributed by atoms with Crippen molar-refractivity contribution >= 4 is 11.6 Å². The molecule has 0 radical (unpaired) electrons. The molecule has 7 heteroatoms. The van der Waals surface area contributed by atoms with Gasteiger partial charge in [0.2, 0.25) is 5.75 Å². The van der Waals surface area contributed by atoms with Crippen LogP contribution in [0.3, 0.4) is 0 Å². The molecule has 0 aliphatic carbocycles. The summed E-state index contributed by atoms with van der Waals surface area (Å²) in [5.41, 5.74) is 1.71. The summed E-state index contributed by atoms with van der Waals surface area (Å²) in [6, 6.07) is 7.97. The van der Waals surface area contributed by atoms with Gasteiger partial charge in [-0.15, -0.1) is 0 Å². The highest BCUT2D eigenvalue weighted by molar-refractivity contribution is 6.15. The highest BCUT2D eigenvalue weighted by atomic mass is 16.5. The number of phenolic OH excluding ortho intramolecular Hbond substituents is 1. The van der Waals surface area contributed by atoms with Gasteiger partial charge in [0.05, 0.1) is 40.2 Å². The van der Waals surface area contributed by atoms with Crippen molar-refractivity contribution in [2.45, 2.75) is 6.04 Å². The molecule has 1 amide bonds. The van der Waals surface area contributed by atoms with Crippen molar-refractivity contribution in [3.8, 4) is 28.7 Å². The van der Waals surface area contributed by atoms with E-state index in [0.717, 1.165) is 0 Å². The van der Waals surface area contributed by atoms with Gasteiger partial charge in [0.1, 0.15) is 0 Å². The summed E-state index contributed by atoms with van der Waals surface area (Å²) in [6.45, 7) is 3.87. The standard InChI is InChI=1S/C20H21NO6/c1-11-18(12-6-7-15(24-2)14(22)8-12)21(20(11)23)13-9-16(25-3)19(27-5)17(10-13)26-4/h6-10,18,22H,1H2,2-5H3/t18-/m0/s1. The van der Waals surface area contributed by atoms with Gasteiger partial charge >= 0.3 is 0 Å². The van der Waals surface area contributed by atoms with Crippen LogP contribution in [0.15, 0.2) is 42.5 Å². The Hall–Kier alpha value is -3.35. The summed E-state index contributed by atoms with van der Waals surface area (Å²) in [4.78, 5) is 14.1. The average molecular weight is 371 g/mol. The van der Waals surface area contributed by atoms with Crippen LogP contribution in [-0.4, -0.2) is 39.5 Å². The van der Waals surface area contributed by atoms with Gasteiger partial charge in [-0.1, -0.05) is 12.6 Å². The highest BCUT2D eigenvalue weighted by Crippen LogP contribution is 2.48. The van der Waals surface area contributed by atoms with E-state index >= 15 is 0 Å². The number of nitrogens with zero attached hydrogens (tertiary/aromatic N) is 1. The molecule has 1 N–H and O–H groups in total. The lowest BCUT2D eigenvalue weighted by Gasteiger charge is -2.42. The Morgan fingerprint density at radius 3 is 2.00 bits per heavy atom. The SMILES string of the molecule is C=C1C(=O)N(c2cc(OC)c(OC)c(OC)c2)[C@@H]1c1ccc(OC)c(O)c1. The normalized spacial score (nSPS) is 16.0. The molecule has 7 nitrogen and oxygen atoms in total. The molecule has 3 rings (SSSR count). The van der Waals surface area contributed by atoms with Crippen molar-refractivity contribution in [1.82, 2.24) is 0 Å². The van der Waals surface area contributed by atoms with Crippen LogP contribution < -0.4 is 23.8 Å². The van der Waals surface area contributed by atoms with E-state index in [2.05, 4.69) is 6.58 Å². The number of carbonyl (C=O) groups excluding carboxylic acids is 1. The molecule has 0 aromatic heterocycles. The van der Waals surface area contributed by atoms with E-state index in [0.29, 0.717) is 39.8 Å². The van der Waals surface area contributed by atoms with E-state index in [1.165, 1.54) is 28.4 Å². The van der Waals surface area contributed by atoms with Crippen LogP contribution in [0.2, 0.25) is 0 Å². The van der Waals surface area contributed by atoms with E-state index in [-0.39, 0.29) is 11.7 Å². The molecule has 0 bridgehead atoms. The lowest BCUT2D eigenvalue weighted by atomic mass is 9.88. The lowest BCUT2D eigenvalue weighted by molar-refractivity contribution is -0.118. The first kappa shape index (κ1) is 18.4. The molecule has 1 atom stereocenters. The van der Waals surface area contributed by atoms with Crippen molar-refractivity contribution in [2.24, 2.45) is 0 Å². The number of amides is 1. The fourth-order valence-corrected chi connectivity index (χ4v) is 3.18. The Labute approximate surface area is 157 Å². The Bertz CT molecular complexity index is 882. The maximum Gasteiger partial charge on any atom is 0.256 e. The van der Waals surface area contributed by atoms with E-state index in [1.807, 2.05) is 0 Å². The molecule has 0 saturated carbocycles. The Morgan fingerprint density at radius 1 is 0.926 bits per heavy atom. The maximum atomic E-state index is 12.5. The number of benzene rings is 2. The summed E-state index contributed by atoms with van der Waals surface area (Å²) in [7, 11) is 6.01. The van der Waals surface area contributed by atoms with Crippen molar-refractivity contribution in [2.75, 3.05) is 33.3 Å². The molecule has 1 saturated heterocycles. The van der Waals surface area contributed by atoms with Crippen molar-refractivity contribution in [3.05, 3.63) is 48.0 Å². The first-order valence-electron chi connectivity index (χ1n) is 8.16. The fraction of sp³-hybridized carbons (Fsp3) is 0.250. The van der Waals surface area contributed by atoms with E-state index in [9.17, 15) is 9.90 Å². The van der Waals surface area contributed by atoms with Crippen molar-refractivity contribution in [3.63, 3.8) is 0 Å². The maximum absolute atomic E-state index is 12.5. The minimum Gasteiger partial charge on any atom is -0.504 e. The number of phenols is 1. The summed E-state index contributed by atoms with van der Waals surface area (Å²) in [6.07, 6.45) is 0. The first-order valence-corrected chi connectivity index (χ1v) is 8.16. The molecule has 1 aliphatic rings. The molecule has 2 aromatic carbocycles. The molecule has 0 spiro atoms. The molecule has 1 heterocycles. The second-order valence-electron chi connectivity index (χ2n) is 5.92.